The molecule has 1 aromatic heterocycles. The van der Waals surface area contributed by atoms with E-state index in [0.29, 0.717) is 11.0 Å². The average Bonchev–Trinajstić information content (AvgIpc) is 2.29. The van der Waals surface area contributed by atoms with Gasteiger partial charge in [-0.05, 0) is 19.1 Å². The quantitative estimate of drug-likeness (QED) is 0.324. The monoisotopic (exact) mass is 210 g/mol. The molecule has 1 heterocycles. The van der Waals surface area contributed by atoms with Crippen molar-refractivity contribution in [2.45, 2.75) is 6.92 Å². The standard InChI is InChI=1S/C13H10N2O/c1-9-5-4-7-11-13(9)15(16)12-8-3-2-6-10(12)14-11/h2-8H,1H3. The van der Waals surface area contributed by atoms with Gasteiger partial charge < -0.3 is 5.21 Å². The first-order valence-corrected chi connectivity index (χ1v) is 5.15. The fraction of sp³-hybridized carbons (Fsp3) is 0.0769. The number of aryl methyl sites for hydroxylation is 1. The normalized spacial score (nSPS) is 11.1. The summed E-state index contributed by atoms with van der Waals surface area (Å²) >= 11 is 0. The minimum absolute atomic E-state index is 0.615. The fourth-order valence-electron chi connectivity index (χ4n) is 1.98. The van der Waals surface area contributed by atoms with E-state index in [1.807, 2.05) is 43.3 Å². The van der Waals surface area contributed by atoms with Gasteiger partial charge in [-0.25, -0.2) is 4.98 Å². The smallest absolute Gasteiger partial charge is 0.245 e. The summed E-state index contributed by atoms with van der Waals surface area (Å²) in [5.41, 5.74) is 3.69. The van der Waals surface area contributed by atoms with Crippen molar-refractivity contribution in [1.29, 1.82) is 0 Å². The lowest BCUT2D eigenvalue weighted by atomic mass is 10.2. The van der Waals surface area contributed by atoms with E-state index in [-0.39, 0.29) is 0 Å². The Bertz CT molecular complexity index is 692. The van der Waals surface area contributed by atoms with Crippen LogP contribution in [0.2, 0.25) is 0 Å². The minimum atomic E-state index is 0.615. The number of benzene rings is 2. The van der Waals surface area contributed by atoms with Crippen LogP contribution in [-0.4, -0.2) is 4.98 Å². The first kappa shape index (κ1) is 9.09. The third-order valence-electron chi connectivity index (χ3n) is 2.76. The fourth-order valence-corrected chi connectivity index (χ4v) is 1.98. The van der Waals surface area contributed by atoms with Gasteiger partial charge in [0.2, 0.25) is 11.0 Å². The SMILES string of the molecule is Cc1cccc2nc3ccccc3[n+]([O-])c12. The molecule has 0 spiro atoms. The van der Waals surface area contributed by atoms with Gasteiger partial charge >= 0.3 is 0 Å². The van der Waals surface area contributed by atoms with Crippen LogP contribution in [0, 0.1) is 12.1 Å². The van der Waals surface area contributed by atoms with Crippen molar-refractivity contribution >= 4 is 22.1 Å². The maximum Gasteiger partial charge on any atom is 0.245 e. The summed E-state index contributed by atoms with van der Waals surface area (Å²) in [6.45, 7) is 1.92. The number of fused-ring (bicyclic) bond motifs is 2. The second-order valence-electron chi connectivity index (χ2n) is 3.84. The summed E-state index contributed by atoms with van der Waals surface area (Å²) < 4.78 is 0.965. The highest BCUT2D eigenvalue weighted by atomic mass is 16.5. The predicted octanol–water partition coefficient (Wildman–Crippen LogP) is 2.33. The summed E-state index contributed by atoms with van der Waals surface area (Å²) in [7, 11) is 0. The maximum absolute atomic E-state index is 12.2. The Morgan fingerprint density at radius 1 is 1.00 bits per heavy atom. The van der Waals surface area contributed by atoms with Crippen LogP contribution in [0.25, 0.3) is 22.1 Å². The van der Waals surface area contributed by atoms with E-state index in [1.165, 1.54) is 0 Å². The summed E-state index contributed by atoms with van der Waals surface area (Å²) in [4.78, 5) is 4.48. The lowest BCUT2D eigenvalue weighted by molar-refractivity contribution is -0.548. The van der Waals surface area contributed by atoms with Crippen LogP contribution in [0.5, 0.6) is 0 Å². The van der Waals surface area contributed by atoms with E-state index in [4.69, 9.17) is 0 Å². The number of aromatic nitrogens is 2. The molecule has 16 heavy (non-hydrogen) atoms. The van der Waals surface area contributed by atoms with Crippen LogP contribution in [-0.2, 0) is 0 Å². The number of hydrogen-bond acceptors (Lipinski definition) is 2. The average molecular weight is 210 g/mol. The predicted molar refractivity (Wildman–Crippen MR) is 62.9 cm³/mol. The summed E-state index contributed by atoms with van der Waals surface area (Å²) in [5, 5.41) is 12.2. The van der Waals surface area contributed by atoms with Crippen molar-refractivity contribution in [3.63, 3.8) is 0 Å². The number of para-hydroxylation sites is 3. The number of rotatable bonds is 0. The van der Waals surface area contributed by atoms with Crippen molar-refractivity contribution in [1.82, 2.24) is 4.98 Å². The summed E-state index contributed by atoms with van der Waals surface area (Å²) in [6.07, 6.45) is 0. The van der Waals surface area contributed by atoms with Crippen LogP contribution in [0.1, 0.15) is 5.56 Å². The largest absolute Gasteiger partial charge is 0.618 e. The molecular formula is C13H10N2O. The Morgan fingerprint density at radius 2 is 1.75 bits per heavy atom. The molecule has 3 aromatic rings. The molecule has 0 amide bonds. The van der Waals surface area contributed by atoms with Gasteiger partial charge in [0, 0.05) is 11.6 Å². The molecule has 0 atom stereocenters. The van der Waals surface area contributed by atoms with E-state index in [2.05, 4.69) is 4.98 Å². The topological polar surface area (TPSA) is 39.8 Å². The van der Waals surface area contributed by atoms with Gasteiger partial charge in [-0.15, -0.1) is 0 Å². The summed E-state index contributed by atoms with van der Waals surface area (Å²) in [6, 6.07) is 13.1. The Hall–Kier alpha value is -2.16. The van der Waals surface area contributed by atoms with Crippen molar-refractivity contribution in [2.75, 3.05) is 0 Å². The lowest BCUT2D eigenvalue weighted by Crippen LogP contribution is -2.29. The van der Waals surface area contributed by atoms with Crippen molar-refractivity contribution in [2.24, 2.45) is 0 Å². The minimum Gasteiger partial charge on any atom is -0.618 e. The lowest BCUT2D eigenvalue weighted by Gasteiger charge is -2.06. The molecule has 0 bridgehead atoms. The van der Waals surface area contributed by atoms with Gasteiger partial charge in [-0.1, -0.05) is 24.3 Å². The first-order chi connectivity index (χ1) is 7.77. The molecule has 0 fully saturated rings. The van der Waals surface area contributed by atoms with E-state index in [0.717, 1.165) is 21.3 Å². The van der Waals surface area contributed by atoms with E-state index >= 15 is 0 Å². The molecule has 3 rings (SSSR count). The Balaban J connectivity index is 2.62. The molecule has 0 aliphatic carbocycles. The van der Waals surface area contributed by atoms with E-state index in [9.17, 15) is 5.21 Å². The number of hydrogen-bond donors (Lipinski definition) is 0. The van der Waals surface area contributed by atoms with E-state index < -0.39 is 0 Å². The van der Waals surface area contributed by atoms with Gasteiger partial charge in [0.1, 0.15) is 11.0 Å². The van der Waals surface area contributed by atoms with Crippen LogP contribution in [0.3, 0.4) is 0 Å². The molecule has 0 aliphatic heterocycles. The van der Waals surface area contributed by atoms with Crippen LogP contribution < -0.4 is 4.73 Å². The van der Waals surface area contributed by atoms with Gasteiger partial charge in [-0.3, -0.25) is 0 Å². The zero-order valence-corrected chi connectivity index (χ0v) is 8.84. The van der Waals surface area contributed by atoms with Crippen molar-refractivity contribution in [3.05, 3.63) is 53.2 Å². The second-order valence-corrected chi connectivity index (χ2v) is 3.84. The zero-order chi connectivity index (χ0) is 11.1. The molecule has 0 aliphatic rings. The van der Waals surface area contributed by atoms with Crippen LogP contribution in [0.4, 0.5) is 0 Å². The highest BCUT2D eigenvalue weighted by Crippen LogP contribution is 2.16. The van der Waals surface area contributed by atoms with E-state index in [1.54, 1.807) is 6.07 Å². The van der Waals surface area contributed by atoms with Gasteiger partial charge in [0.15, 0.2) is 0 Å². The molecule has 0 saturated carbocycles. The third-order valence-corrected chi connectivity index (χ3v) is 2.76. The molecule has 78 valence electrons. The van der Waals surface area contributed by atoms with Gasteiger partial charge in [0.25, 0.3) is 0 Å². The second kappa shape index (κ2) is 3.17. The highest BCUT2D eigenvalue weighted by Gasteiger charge is 2.12. The zero-order valence-electron chi connectivity index (χ0n) is 8.84. The van der Waals surface area contributed by atoms with Crippen molar-refractivity contribution in [3.8, 4) is 0 Å². The molecular weight excluding hydrogens is 200 g/mol. The first-order valence-electron chi connectivity index (χ1n) is 5.15. The molecule has 0 unspecified atom stereocenters. The maximum atomic E-state index is 12.2. The Morgan fingerprint density at radius 3 is 2.62 bits per heavy atom. The molecule has 3 nitrogen and oxygen atoms in total. The number of nitrogens with zero attached hydrogens (tertiary/aromatic N) is 2. The third kappa shape index (κ3) is 1.15. The Kier molecular flexibility index (Phi) is 1.80. The molecule has 2 aromatic carbocycles. The molecule has 0 N–H and O–H groups in total. The van der Waals surface area contributed by atoms with Crippen molar-refractivity contribution < 1.29 is 4.73 Å². The van der Waals surface area contributed by atoms with Crippen LogP contribution >= 0.6 is 0 Å². The highest BCUT2D eigenvalue weighted by molar-refractivity contribution is 5.83. The van der Waals surface area contributed by atoms with Gasteiger partial charge in [0.05, 0.1) is 0 Å². The molecule has 0 saturated heterocycles. The van der Waals surface area contributed by atoms with Crippen LogP contribution in [0.15, 0.2) is 42.5 Å². The molecule has 3 heteroatoms. The van der Waals surface area contributed by atoms with Gasteiger partial charge in [-0.2, -0.15) is 4.73 Å². The summed E-state index contributed by atoms with van der Waals surface area (Å²) in [5.74, 6) is 0. The molecule has 0 radical (unpaired) electrons. The Labute approximate surface area is 92.6 Å².